The van der Waals surface area contributed by atoms with Crippen molar-refractivity contribution in [2.24, 2.45) is 0 Å². The van der Waals surface area contributed by atoms with Gasteiger partial charge in [0.1, 0.15) is 0 Å². The molecule has 1 aliphatic heterocycles. The molecule has 0 amide bonds. The van der Waals surface area contributed by atoms with Gasteiger partial charge in [-0.25, -0.2) is 0 Å². The Morgan fingerprint density at radius 1 is 1.19 bits per heavy atom. The van der Waals surface area contributed by atoms with Crippen LogP contribution in [-0.4, -0.2) is 35.3 Å². The summed E-state index contributed by atoms with van der Waals surface area (Å²) in [5.74, 6) is -0.228. The summed E-state index contributed by atoms with van der Waals surface area (Å²) in [6.45, 7) is 1.73. The summed E-state index contributed by atoms with van der Waals surface area (Å²) >= 11 is 6.26. The second-order valence-electron chi connectivity index (χ2n) is 5.60. The van der Waals surface area contributed by atoms with Crippen molar-refractivity contribution in [1.82, 2.24) is 4.90 Å². The van der Waals surface area contributed by atoms with Gasteiger partial charge < -0.3 is 15.1 Å². The predicted octanol–water partition coefficient (Wildman–Crippen LogP) is 3.37. The Bertz CT molecular complexity index is 658. The molecule has 2 aromatic carbocycles. The highest BCUT2D eigenvalue weighted by Crippen LogP contribution is 2.43. The van der Waals surface area contributed by atoms with Crippen LogP contribution < -0.4 is 0 Å². The van der Waals surface area contributed by atoms with E-state index < -0.39 is 0 Å². The monoisotopic (exact) mass is 302 g/mol. The molecule has 0 saturated carbocycles. The number of fused-ring (bicyclic) bond motifs is 1. The third kappa shape index (κ3) is 2.59. The summed E-state index contributed by atoms with van der Waals surface area (Å²) in [5.41, 5.74) is 3.13. The number of hydrogen-bond donors (Lipinski definition) is 2. The molecular weight excluding hydrogens is 285 g/mol. The van der Waals surface area contributed by atoms with Crippen LogP contribution in [0.4, 0.5) is 0 Å². The van der Waals surface area contributed by atoms with Gasteiger partial charge in [0.2, 0.25) is 0 Å². The van der Waals surface area contributed by atoms with Gasteiger partial charge in [0.25, 0.3) is 0 Å². The number of halogens is 1. The molecule has 0 bridgehead atoms. The molecule has 0 saturated heterocycles. The number of hydrogen-bond acceptors (Lipinski definition) is 3. The topological polar surface area (TPSA) is 43.7 Å². The van der Waals surface area contributed by atoms with E-state index in [1.54, 1.807) is 6.07 Å². The smallest absolute Gasteiger partial charge is 0.176 e. The number of nitrogens with zero attached hydrogens (tertiary/aromatic N) is 1. The largest absolute Gasteiger partial charge is 0.504 e. The van der Waals surface area contributed by atoms with E-state index in [1.165, 1.54) is 5.56 Å². The minimum atomic E-state index is -0.216. The van der Waals surface area contributed by atoms with Crippen LogP contribution in [0.3, 0.4) is 0 Å². The van der Waals surface area contributed by atoms with Crippen LogP contribution in [0, 0.1) is 0 Å². The first-order valence-corrected chi connectivity index (χ1v) is 7.42. The highest BCUT2D eigenvalue weighted by atomic mass is 35.5. The van der Waals surface area contributed by atoms with E-state index in [2.05, 4.69) is 24.1 Å². The first kappa shape index (κ1) is 14.2. The molecule has 2 N–H and O–H groups in total. The maximum absolute atomic E-state index is 9.93. The van der Waals surface area contributed by atoms with Crippen molar-refractivity contribution < 1.29 is 10.2 Å². The lowest BCUT2D eigenvalue weighted by atomic mass is 9.87. The van der Waals surface area contributed by atoms with Crippen molar-refractivity contribution in [3.63, 3.8) is 0 Å². The molecule has 2 aromatic rings. The fraction of sp³-hybridized carbons (Fsp3) is 0.294. The highest BCUT2D eigenvalue weighted by molar-refractivity contribution is 6.33. The van der Waals surface area contributed by atoms with Crippen molar-refractivity contribution in [3.8, 4) is 11.5 Å². The fourth-order valence-electron chi connectivity index (χ4n) is 3.02. The maximum Gasteiger partial charge on any atom is 0.176 e. The van der Waals surface area contributed by atoms with Crippen LogP contribution in [-0.2, 0) is 6.42 Å². The lowest BCUT2D eigenvalue weighted by Gasteiger charge is -2.22. The quantitative estimate of drug-likeness (QED) is 0.794. The molecule has 21 heavy (non-hydrogen) atoms. The van der Waals surface area contributed by atoms with Gasteiger partial charge in [-0.1, -0.05) is 41.9 Å². The van der Waals surface area contributed by atoms with Gasteiger partial charge in [-0.15, -0.1) is 0 Å². The van der Waals surface area contributed by atoms with E-state index in [4.69, 9.17) is 11.6 Å². The molecule has 0 fully saturated rings. The summed E-state index contributed by atoms with van der Waals surface area (Å²) in [4.78, 5) is 2.25. The van der Waals surface area contributed by atoms with Gasteiger partial charge in [0, 0.05) is 19.0 Å². The average Bonchev–Trinajstić information content (AvgIpc) is 2.65. The lowest BCUT2D eigenvalue weighted by molar-refractivity contribution is 0.338. The molecule has 0 aromatic heterocycles. The van der Waals surface area contributed by atoms with Crippen LogP contribution in [0.2, 0.25) is 5.02 Å². The van der Waals surface area contributed by atoms with Crippen molar-refractivity contribution >= 4 is 11.6 Å². The van der Waals surface area contributed by atoms with Crippen molar-refractivity contribution in [3.05, 3.63) is 58.1 Å². The molecule has 1 heterocycles. The number of benzene rings is 2. The molecule has 3 nitrogen and oxygen atoms in total. The molecule has 3 rings (SSSR count). The zero-order chi connectivity index (χ0) is 15.0. The minimum absolute atomic E-state index is 0.137. The average molecular weight is 303 g/mol. The third-order valence-corrected chi connectivity index (χ3v) is 4.58. The van der Waals surface area contributed by atoms with E-state index in [0.29, 0.717) is 0 Å². The van der Waals surface area contributed by atoms with E-state index in [-0.39, 0.29) is 22.4 Å². The Balaban J connectivity index is 2.18. The highest BCUT2D eigenvalue weighted by Gasteiger charge is 2.27. The second kappa shape index (κ2) is 5.58. The lowest BCUT2D eigenvalue weighted by Crippen LogP contribution is -2.24. The fourth-order valence-corrected chi connectivity index (χ4v) is 3.32. The maximum atomic E-state index is 9.93. The van der Waals surface area contributed by atoms with E-state index in [0.717, 1.165) is 30.6 Å². The Morgan fingerprint density at radius 2 is 1.90 bits per heavy atom. The number of likely N-dealkylation sites (N-methyl/N-ethyl adjacent to an activating group) is 1. The van der Waals surface area contributed by atoms with Crippen LogP contribution in [0.25, 0.3) is 0 Å². The van der Waals surface area contributed by atoms with Crippen LogP contribution in [0.1, 0.15) is 22.6 Å². The molecule has 4 heteroatoms. The van der Waals surface area contributed by atoms with Crippen molar-refractivity contribution in [1.29, 1.82) is 0 Å². The summed E-state index contributed by atoms with van der Waals surface area (Å²) in [6, 6.07) is 11.9. The summed E-state index contributed by atoms with van der Waals surface area (Å²) in [7, 11) is 2.08. The number of aromatic hydroxyl groups is 2. The molecule has 1 unspecified atom stereocenters. The van der Waals surface area contributed by atoms with Gasteiger partial charge in [0.05, 0.1) is 5.02 Å². The summed E-state index contributed by atoms with van der Waals surface area (Å²) in [6.07, 6.45) is 0.766. The Labute approximate surface area is 129 Å². The first-order valence-electron chi connectivity index (χ1n) is 7.04. The second-order valence-corrected chi connectivity index (χ2v) is 5.98. The normalized spacial score (nSPS) is 19.0. The van der Waals surface area contributed by atoms with Gasteiger partial charge in [-0.2, -0.15) is 0 Å². The summed E-state index contributed by atoms with van der Waals surface area (Å²) in [5, 5.41) is 20.1. The summed E-state index contributed by atoms with van der Waals surface area (Å²) < 4.78 is 0. The first-order chi connectivity index (χ1) is 10.1. The number of phenols is 2. The molecule has 0 radical (unpaired) electrons. The minimum Gasteiger partial charge on any atom is -0.504 e. The molecular formula is C17H18ClNO2. The predicted molar refractivity (Wildman–Crippen MR) is 84.3 cm³/mol. The van der Waals surface area contributed by atoms with Crippen LogP contribution in [0.15, 0.2) is 36.4 Å². The van der Waals surface area contributed by atoms with Crippen LogP contribution >= 0.6 is 11.6 Å². The zero-order valence-corrected chi connectivity index (χ0v) is 12.6. The molecule has 110 valence electrons. The van der Waals surface area contributed by atoms with E-state index in [1.807, 2.05) is 18.2 Å². The van der Waals surface area contributed by atoms with Gasteiger partial charge in [0.15, 0.2) is 11.5 Å². The van der Waals surface area contributed by atoms with Crippen molar-refractivity contribution in [2.75, 3.05) is 20.1 Å². The molecule has 0 aliphatic carbocycles. The van der Waals surface area contributed by atoms with Gasteiger partial charge >= 0.3 is 0 Å². The van der Waals surface area contributed by atoms with Crippen LogP contribution in [0.5, 0.6) is 11.5 Å². The van der Waals surface area contributed by atoms with Crippen molar-refractivity contribution in [2.45, 2.75) is 12.3 Å². The third-order valence-electron chi connectivity index (χ3n) is 4.17. The van der Waals surface area contributed by atoms with E-state index >= 15 is 0 Å². The molecule has 1 aliphatic rings. The number of rotatable bonds is 1. The standard InChI is InChI=1S/C17H18ClNO2/c1-19-8-7-12-13(9-15(20)17(21)16(12)18)14(10-19)11-5-3-2-4-6-11/h2-6,9,14,20-21H,7-8,10H2,1H3/i1-1. The molecule has 0 spiro atoms. The van der Waals surface area contributed by atoms with E-state index in [9.17, 15) is 10.2 Å². The Morgan fingerprint density at radius 3 is 2.62 bits per heavy atom. The zero-order valence-electron chi connectivity index (χ0n) is 11.9. The Hall–Kier alpha value is -1.71. The molecule has 1 atom stereocenters. The number of phenolic OH excluding ortho intramolecular Hbond substituents is 2. The van der Waals surface area contributed by atoms with Gasteiger partial charge in [-0.3, -0.25) is 0 Å². The Kier molecular flexibility index (Phi) is 3.79. The van der Waals surface area contributed by atoms with Gasteiger partial charge in [-0.05, 0) is 36.2 Å². The SMILES string of the molecule is [11CH3]N1CCc2c(cc(O)c(O)c2Cl)C(c2ccccc2)C1.